The predicted octanol–water partition coefficient (Wildman–Crippen LogP) is 1.36. The highest BCUT2D eigenvalue weighted by Crippen LogP contribution is 2.34. The standard InChI is InChI=1S/C11H17N3OS/c12-6-8-7-13-11(16-8)14-4-5-15-10-3-1-2-9(10)14/h7,9-10H,1-6,12H2. The third-order valence-corrected chi connectivity index (χ3v) is 4.53. The Morgan fingerprint density at radius 1 is 1.56 bits per heavy atom. The van der Waals surface area contributed by atoms with Crippen molar-refractivity contribution in [3.63, 3.8) is 0 Å². The van der Waals surface area contributed by atoms with Crippen molar-refractivity contribution in [1.29, 1.82) is 0 Å². The molecule has 2 aliphatic rings. The first-order chi connectivity index (χ1) is 7.88. The Morgan fingerprint density at radius 3 is 3.31 bits per heavy atom. The summed E-state index contributed by atoms with van der Waals surface area (Å²) in [5, 5.41) is 1.13. The molecule has 0 aromatic carbocycles. The van der Waals surface area contributed by atoms with Gasteiger partial charge in [0.1, 0.15) is 0 Å². The van der Waals surface area contributed by atoms with Gasteiger partial charge in [-0.1, -0.05) is 0 Å². The largest absolute Gasteiger partial charge is 0.374 e. The van der Waals surface area contributed by atoms with Gasteiger partial charge in [0.2, 0.25) is 0 Å². The van der Waals surface area contributed by atoms with Crippen LogP contribution >= 0.6 is 11.3 Å². The van der Waals surface area contributed by atoms with Gasteiger partial charge in [0.25, 0.3) is 0 Å². The molecule has 3 rings (SSSR count). The summed E-state index contributed by atoms with van der Waals surface area (Å²) in [5.41, 5.74) is 5.63. The van der Waals surface area contributed by atoms with E-state index in [1.807, 2.05) is 6.20 Å². The van der Waals surface area contributed by atoms with E-state index in [-0.39, 0.29) is 0 Å². The lowest BCUT2D eigenvalue weighted by Crippen LogP contribution is -2.48. The number of nitrogens with two attached hydrogens (primary N) is 1. The molecule has 1 aromatic heterocycles. The van der Waals surface area contributed by atoms with Gasteiger partial charge in [-0.2, -0.15) is 0 Å². The molecular formula is C11H17N3OS. The van der Waals surface area contributed by atoms with Gasteiger partial charge in [-0.15, -0.1) is 11.3 Å². The van der Waals surface area contributed by atoms with E-state index < -0.39 is 0 Å². The summed E-state index contributed by atoms with van der Waals surface area (Å²) >= 11 is 1.72. The van der Waals surface area contributed by atoms with Crippen LogP contribution in [-0.2, 0) is 11.3 Å². The molecule has 4 nitrogen and oxygen atoms in total. The topological polar surface area (TPSA) is 51.4 Å². The third-order valence-electron chi connectivity index (χ3n) is 3.47. The summed E-state index contributed by atoms with van der Waals surface area (Å²) in [6.07, 6.45) is 6.05. The Hall–Kier alpha value is -0.650. The Balaban J connectivity index is 1.82. The maximum absolute atomic E-state index is 5.80. The minimum absolute atomic E-state index is 0.430. The fourth-order valence-corrected chi connectivity index (χ4v) is 3.56. The second-order valence-corrected chi connectivity index (χ2v) is 5.51. The highest BCUT2D eigenvalue weighted by Gasteiger charge is 2.37. The number of fused-ring (bicyclic) bond motifs is 1. The van der Waals surface area contributed by atoms with E-state index >= 15 is 0 Å². The summed E-state index contributed by atoms with van der Waals surface area (Å²) in [5.74, 6) is 0. The number of aromatic nitrogens is 1. The average molecular weight is 239 g/mol. The monoisotopic (exact) mass is 239 g/mol. The summed E-state index contributed by atoms with van der Waals surface area (Å²) in [4.78, 5) is 8.06. The predicted molar refractivity (Wildman–Crippen MR) is 64.7 cm³/mol. The number of rotatable bonds is 2. The van der Waals surface area contributed by atoms with Crippen molar-refractivity contribution in [3.8, 4) is 0 Å². The molecule has 2 heterocycles. The summed E-state index contributed by atoms with van der Waals surface area (Å²) < 4.78 is 5.80. The van der Waals surface area contributed by atoms with Gasteiger partial charge in [0.15, 0.2) is 5.13 Å². The summed E-state index contributed by atoms with van der Waals surface area (Å²) in [6.45, 7) is 2.40. The van der Waals surface area contributed by atoms with Crippen molar-refractivity contribution in [2.24, 2.45) is 5.73 Å². The van der Waals surface area contributed by atoms with Crippen LogP contribution in [0.1, 0.15) is 24.1 Å². The first-order valence-corrected chi connectivity index (χ1v) is 6.73. The zero-order valence-corrected chi connectivity index (χ0v) is 10.1. The number of nitrogens with zero attached hydrogens (tertiary/aromatic N) is 2. The second kappa shape index (κ2) is 4.31. The third kappa shape index (κ3) is 1.73. The SMILES string of the molecule is NCc1cnc(N2CCOC3CCCC32)s1. The first kappa shape index (κ1) is 10.5. The van der Waals surface area contributed by atoms with E-state index in [0.717, 1.165) is 23.2 Å². The molecular weight excluding hydrogens is 222 g/mol. The minimum Gasteiger partial charge on any atom is -0.374 e. The summed E-state index contributed by atoms with van der Waals surface area (Å²) in [7, 11) is 0. The van der Waals surface area contributed by atoms with Gasteiger partial charge in [0.05, 0.1) is 18.8 Å². The Kier molecular flexibility index (Phi) is 2.83. The zero-order chi connectivity index (χ0) is 11.0. The van der Waals surface area contributed by atoms with Crippen LogP contribution in [0, 0.1) is 0 Å². The minimum atomic E-state index is 0.430. The molecule has 5 heteroatoms. The van der Waals surface area contributed by atoms with E-state index in [1.54, 1.807) is 11.3 Å². The van der Waals surface area contributed by atoms with Crippen LogP contribution in [0.15, 0.2) is 6.20 Å². The van der Waals surface area contributed by atoms with Crippen molar-refractivity contribution in [2.45, 2.75) is 38.0 Å². The maximum atomic E-state index is 5.80. The number of anilines is 1. The number of morpholine rings is 1. The molecule has 0 amide bonds. The molecule has 16 heavy (non-hydrogen) atoms. The van der Waals surface area contributed by atoms with Crippen LogP contribution in [0.4, 0.5) is 5.13 Å². The number of hydrogen-bond donors (Lipinski definition) is 1. The van der Waals surface area contributed by atoms with Gasteiger partial charge in [-0.25, -0.2) is 4.98 Å². The molecule has 2 N–H and O–H groups in total. The van der Waals surface area contributed by atoms with Gasteiger partial charge < -0.3 is 15.4 Å². The Bertz CT molecular complexity index is 368. The number of ether oxygens (including phenoxy) is 1. The van der Waals surface area contributed by atoms with Gasteiger partial charge in [0, 0.05) is 24.2 Å². The normalized spacial score (nSPS) is 29.4. The van der Waals surface area contributed by atoms with Crippen LogP contribution in [-0.4, -0.2) is 30.3 Å². The molecule has 88 valence electrons. The molecule has 1 aromatic rings. The fraction of sp³-hybridized carbons (Fsp3) is 0.727. The van der Waals surface area contributed by atoms with E-state index in [2.05, 4.69) is 9.88 Å². The van der Waals surface area contributed by atoms with Crippen LogP contribution in [0.5, 0.6) is 0 Å². The van der Waals surface area contributed by atoms with Gasteiger partial charge >= 0.3 is 0 Å². The fourth-order valence-electron chi connectivity index (χ4n) is 2.69. The lowest BCUT2D eigenvalue weighted by atomic mass is 10.1. The highest BCUT2D eigenvalue weighted by atomic mass is 32.1. The van der Waals surface area contributed by atoms with Crippen molar-refractivity contribution in [1.82, 2.24) is 4.98 Å². The van der Waals surface area contributed by atoms with E-state index in [1.165, 1.54) is 19.3 Å². The quantitative estimate of drug-likeness (QED) is 0.846. The van der Waals surface area contributed by atoms with E-state index in [9.17, 15) is 0 Å². The molecule has 2 fully saturated rings. The summed E-state index contributed by atoms with van der Waals surface area (Å²) in [6, 6.07) is 0.547. The Labute approximate surface area is 99.4 Å². The molecule has 1 aliphatic heterocycles. The average Bonchev–Trinajstić information content (AvgIpc) is 2.97. The maximum Gasteiger partial charge on any atom is 0.185 e. The van der Waals surface area contributed by atoms with Crippen LogP contribution in [0.25, 0.3) is 0 Å². The zero-order valence-electron chi connectivity index (χ0n) is 9.26. The lowest BCUT2D eigenvalue weighted by Gasteiger charge is -2.37. The molecule has 1 aliphatic carbocycles. The number of hydrogen-bond acceptors (Lipinski definition) is 5. The van der Waals surface area contributed by atoms with Crippen molar-refractivity contribution < 1.29 is 4.74 Å². The van der Waals surface area contributed by atoms with Crippen LogP contribution < -0.4 is 10.6 Å². The first-order valence-electron chi connectivity index (χ1n) is 5.91. The van der Waals surface area contributed by atoms with Crippen molar-refractivity contribution in [2.75, 3.05) is 18.1 Å². The smallest absolute Gasteiger partial charge is 0.185 e. The highest BCUT2D eigenvalue weighted by molar-refractivity contribution is 7.15. The second-order valence-electron chi connectivity index (χ2n) is 4.41. The molecule has 0 radical (unpaired) electrons. The molecule has 2 unspecified atom stereocenters. The van der Waals surface area contributed by atoms with Crippen molar-refractivity contribution in [3.05, 3.63) is 11.1 Å². The molecule has 0 spiro atoms. The van der Waals surface area contributed by atoms with Gasteiger partial charge in [-0.05, 0) is 19.3 Å². The molecule has 1 saturated heterocycles. The number of thiazole rings is 1. The molecule has 0 bridgehead atoms. The van der Waals surface area contributed by atoms with E-state index in [0.29, 0.717) is 18.7 Å². The van der Waals surface area contributed by atoms with Crippen LogP contribution in [0.2, 0.25) is 0 Å². The Morgan fingerprint density at radius 2 is 2.50 bits per heavy atom. The molecule has 2 atom stereocenters. The van der Waals surface area contributed by atoms with E-state index in [4.69, 9.17) is 10.5 Å². The van der Waals surface area contributed by atoms with Gasteiger partial charge in [-0.3, -0.25) is 0 Å². The van der Waals surface area contributed by atoms with Crippen molar-refractivity contribution >= 4 is 16.5 Å². The molecule has 1 saturated carbocycles. The van der Waals surface area contributed by atoms with Crippen LogP contribution in [0.3, 0.4) is 0 Å². The lowest BCUT2D eigenvalue weighted by molar-refractivity contribution is 0.0256.